The summed E-state index contributed by atoms with van der Waals surface area (Å²) in [5.41, 5.74) is 1.07. The molecule has 1 aromatic carbocycles. The van der Waals surface area contributed by atoms with E-state index in [9.17, 15) is 14.4 Å². The van der Waals surface area contributed by atoms with E-state index in [1.54, 1.807) is 38.2 Å². The number of rotatable bonds is 4. The van der Waals surface area contributed by atoms with E-state index in [0.717, 1.165) is 12.8 Å². The molecule has 0 saturated heterocycles. The maximum Gasteiger partial charge on any atom is 0.319 e. The third-order valence-corrected chi connectivity index (χ3v) is 4.49. The zero-order chi connectivity index (χ0) is 19.8. The number of fused-ring (bicyclic) bond motifs is 1. The number of aryl methyl sites for hydroxylation is 2. The van der Waals surface area contributed by atoms with Crippen LogP contribution in [0.25, 0.3) is 11.1 Å². The Morgan fingerprint density at radius 3 is 2.43 bits per heavy atom. The molecule has 0 unspecified atom stereocenters. The Labute approximate surface area is 159 Å². The van der Waals surface area contributed by atoms with Crippen molar-refractivity contribution in [2.24, 2.45) is 7.05 Å². The van der Waals surface area contributed by atoms with Crippen LogP contribution in [0.15, 0.2) is 39.8 Å². The molecule has 3 amide bonds. The fraction of sp³-hybridized carbons (Fsp3) is 0.263. The second-order valence-electron chi connectivity index (χ2n) is 6.78. The van der Waals surface area contributed by atoms with E-state index in [2.05, 4.69) is 20.9 Å². The number of nitrogens with one attached hydrogen (secondary N) is 3. The molecule has 1 saturated carbocycles. The molecule has 144 valence electrons. The van der Waals surface area contributed by atoms with Crippen molar-refractivity contribution in [2.45, 2.75) is 25.8 Å². The van der Waals surface area contributed by atoms with E-state index in [4.69, 9.17) is 4.42 Å². The number of hydrogen-bond donors (Lipinski definition) is 3. The van der Waals surface area contributed by atoms with Crippen LogP contribution in [-0.4, -0.2) is 27.5 Å². The summed E-state index contributed by atoms with van der Waals surface area (Å²) in [7, 11) is 1.56. The largest absolute Gasteiger partial charge is 0.442 e. The molecule has 3 N–H and O–H groups in total. The van der Waals surface area contributed by atoms with Crippen LogP contribution in [-0.2, 0) is 7.05 Å². The molecule has 1 aliphatic carbocycles. The third-order valence-electron chi connectivity index (χ3n) is 4.49. The second kappa shape index (κ2) is 6.84. The van der Waals surface area contributed by atoms with Gasteiger partial charge in [0.05, 0.1) is 5.56 Å². The Bertz CT molecular complexity index is 1130. The highest BCUT2D eigenvalue weighted by Gasteiger charge is 2.24. The van der Waals surface area contributed by atoms with Gasteiger partial charge in [-0.15, -0.1) is 0 Å². The van der Waals surface area contributed by atoms with E-state index in [1.165, 1.54) is 10.9 Å². The first kappa shape index (κ1) is 17.8. The van der Waals surface area contributed by atoms with Crippen molar-refractivity contribution in [2.75, 3.05) is 10.6 Å². The molecule has 9 heteroatoms. The van der Waals surface area contributed by atoms with Gasteiger partial charge in [-0.3, -0.25) is 9.59 Å². The maximum atomic E-state index is 12.7. The van der Waals surface area contributed by atoms with Gasteiger partial charge in [-0.05, 0) is 44.0 Å². The minimum atomic E-state index is -0.464. The van der Waals surface area contributed by atoms with E-state index in [-0.39, 0.29) is 34.3 Å². The molecule has 0 spiro atoms. The van der Waals surface area contributed by atoms with E-state index in [0.29, 0.717) is 17.1 Å². The fourth-order valence-corrected chi connectivity index (χ4v) is 2.87. The zero-order valence-corrected chi connectivity index (χ0v) is 15.4. The van der Waals surface area contributed by atoms with Crippen LogP contribution < -0.4 is 21.5 Å². The number of carbonyl (C=O) groups is 2. The summed E-state index contributed by atoms with van der Waals surface area (Å²) in [6.45, 7) is 1.61. The molecule has 0 bridgehead atoms. The van der Waals surface area contributed by atoms with Gasteiger partial charge in [0.1, 0.15) is 17.5 Å². The number of furan rings is 1. The van der Waals surface area contributed by atoms with Gasteiger partial charge in [0.2, 0.25) is 5.71 Å². The lowest BCUT2D eigenvalue weighted by molar-refractivity contribution is 0.102. The number of aromatic nitrogens is 2. The van der Waals surface area contributed by atoms with Crippen LogP contribution in [0.2, 0.25) is 0 Å². The summed E-state index contributed by atoms with van der Waals surface area (Å²) >= 11 is 0. The highest BCUT2D eigenvalue weighted by atomic mass is 16.3. The summed E-state index contributed by atoms with van der Waals surface area (Å²) in [5, 5.41) is 8.46. The lowest BCUT2D eigenvalue weighted by Crippen LogP contribution is -2.30. The van der Waals surface area contributed by atoms with E-state index in [1.807, 2.05) is 0 Å². The molecule has 0 atom stereocenters. The molecule has 9 nitrogen and oxygen atoms in total. The molecule has 3 aromatic rings. The van der Waals surface area contributed by atoms with Crippen LogP contribution in [0.3, 0.4) is 0 Å². The first-order valence-corrected chi connectivity index (χ1v) is 8.86. The Hall–Kier alpha value is -3.62. The minimum absolute atomic E-state index is 0.131. The summed E-state index contributed by atoms with van der Waals surface area (Å²) < 4.78 is 6.75. The number of urea groups is 1. The highest BCUT2D eigenvalue weighted by molar-refractivity contribution is 6.12. The molecule has 28 heavy (non-hydrogen) atoms. The molecular formula is C19H19N5O4. The minimum Gasteiger partial charge on any atom is -0.442 e. The second-order valence-corrected chi connectivity index (χ2v) is 6.78. The third kappa shape index (κ3) is 3.46. The number of anilines is 2. The van der Waals surface area contributed by atoms with Gasteiger partial charge in [-0.2, -0.15) is 0 Å². The Morgan fingerprint density at radius 2 is 1.79 bits per heavy atom. The van der Waals surface area contributed by atoms with Gasteiger partial charge in [0, 0.05) is 24.5 Å². The van der Waals surface area contributed by atoms with Crippen molar-refractivity contribution in [1.82, 2.24) is 14.9 Å². The molecule has 4 rings (SSSR count). The quantitative estimate of drug-likeness (QED) is 0.641. The number of nitrogens with zero attached hydrogens (tertiary/aromatic N) is 2. The van der Waals surface area contributed by atoms with Crippen LogP contribution >= 0.6 is 0 Å². The summed E-state index contributed by atoms with van der Waals surface area (Å²) in [6, 6.07) is 6.72. The molecule has 2 heterocycles. The lowest BCUT2D eigenvalue weighted by atomic mass is 10.1. The number of amides is 3. The fourth-order valence-electron chi connectivity index (χ4n) is 2.87. The number of benzene rings is 1. The van der Waals surface area contributed by atoms with Crippen molar-refractivity contribution >= 4 is 34.4 Å². The summed E-state index contributed by atoms with van der Waals surface area (Å²) in [5.74, 6) is -0.146. The average Bonchev–Trinajstić information content (AvgIpc) is 3.39. The first-order valence-electron chi connectivity index (χ1n) is 8.86. The van der Waals surface area contributed by atoms with E-state index >= 15 is 0 Å². The smallest absolute Gasteiger partial charge is 0.319 e. The van der Waals surface area contributed by atoms with Gasteiger partial charge in [0.15, 0.2) is 0 Å². The standard InChI is InChI=1S/C19H19N5O4/c1-10-14(15-17(28-10)20-9-24(2)18(15)26)16(25)21-11-3-5-12(6-4-11)22-19(27)23-13-7-8-13/h3-6,9,13H,7-8H2,1-2H3,(H,21,25)(H2,22,23,27). The molecular weight excluding hydrogens is 362 g/mol. The van der Waals surface area contributed by atoms with E-state index < -0.39 is 5.91 Å². The van der Waals surface area contributed by atoms with Crippen molar-refractivity contribution < 1.29 is 14.0 Å². The van der Waals surface area contributed by atoms with Gasteiger partial charge in [0.25, 0.3) is 11.5 Å². The predicted molar refractivity (Wildman–Crippen MR) is 104 cm³/mol. The number of carbonyl (C=O) groups excluding carboxylic acids is 2. The van der Waals surface area contributed by atoms with Crippen LogP contribution in [0.5, 0.6) is 0 Å². The highest BCUT2D eigenvalue weighted by Crippen LogP contribution is 2.23. The van der Waals surface area contributed by atoms with Crippen molar-refractivity contribution in [3.8, 4) is 0 Å². The average molecular weight is 381 g/mol. The molecule has 1 aliphatic rings. The Kier molecular flexibility index (Phi) is 4.34. The van der Waals surface area contributed by atoms with Crippen LogP contribution in [0.4, 0.5) is 16.2 Å². The summed E-state index contributed by atoms with van der Waals surface area (Å²) in [6.07, 6.45) is 3.37. The zero-order valence-electron chi connectivity index (χ0n) is 15.4. The first-order chi connectivity index (χ1) is 13.4. The molecule has 1 fully saturated rings. The van der Waals surface area contributed by atoms with Gasteiger partial charge in [-0.25, -0.2) is 9.78 Å². The Morgan fingerprint density at radius 1 is 1.14 bits per heavy atom. The van der Waals surface area contributed by atoms with Crippen molar-refractivity contribution in [3.63, 3.8) is 0 Å². The lowest BCUT2D eigenvalue weighted by Gasteiger charge is -2.08. The van der Waals surface area contributed by atoms with Crippen molar-refractivity contribution in [3.05, 3.63) is 52.3 Å². The SMILES string of the molecule is Cc1oc2ncn(C)c(=O)c2c1C(=O)Nc1ccc(NC(=O)NC2CC2)cc1. The van der Waals surface area contributed by atoms with Crippen LogP contribution in [0, 0.1) is 6.92 Å². The normalized spacial score (nSPS) is 13.4. The Balaban J connectivity index is 1.51. The van der Waals surface area contributed by atoms with Gasteiger partial charge < -0.3 is 24.9 Å². The topological polar surface area (TPSA) is 118 Å². The van der Waals surface area contributed by atoms with Crippen LogP contribution in [0.1, 0.15) is 29.0 Å². The molecule has 2 aromatic heterocycles. The molecule has 0 radical (unpaired) electrons. The summed E-state index contributed by atoms with van der Waals surface area (Å²) in [4.78, 5) is 40.9. The molecule has 0 aliphatic heterocycles. The number of hydrogen-bond acceptors (Lipinski definition) is 5. The van der Waals surface area contributed by atoms with Crippen molar-refractivity contribution in [1.29, 1.82) is 0 Å². The maximum absolute atomic E-state index is 12.7. The monoisotopic (exact) mass is 381 g/mol. The van der Waals surface area contributed by atoms with Gasteiger partial charge in [-0.1, -0.05) is 0 Å². The van der Waals surface area contributed by atoms with Gasteiger partial charge >= 0.3 is 6.03 Å². The predicted octanol–water partition coefficient (Wildman–Crippen LogP) is 2.37.